The van der Waals surface area contributed by atoms with E-state index in [1.165, 1.54) is 21.3 Å². The second-order valence-corrected chi connectivity index (χ2v) is 9.25. The number of carbonyl (C=O) groups is 2. The van der Waals surface area contributed by atoms with Crippen LogP contribution in [0.5, 0.6) is 0 Å². The van der Waals surface area contributed by atoms with Crippen LogP contribution >= 0.6 is 0 Å². The molecule has 12 heteroatoms. The van der Waals surface area contributed by atoms with Gasteiger partial charge in [0.2, 0.25) is 10.0 Å². The minimum Gasteiger partial charge on any atom is -0.321 e. The highest BCUT2D eigenvalue weighted by Crippen LogP contribution is 2.25. The van der Waals surface area contributed by atoms with E-state index in [1.54, 1.807) is 31.2 Å². The summed E-state index contributed by atoms with van der Waals surface area (Å²) in [6.45, 7) is 3.69. The number of aryl methyl sites for hydroxylation is 2. The van der Waals surface area contributed by atoms with E-state index in [-0.39, 0.29) is 36.8 Å². The number of nitrogens with zero attached hydrogens (tertiary/aromatic N) is 3. The largest absolute Gasteiger partial charge is 0.336 e. The van der Waals surface area contributed by atoms with Gasteiger partial charge in [0.25, 0.3) is 11.6 Å². The maximum Gasteiger partial charge on any atom is 0.336 e. The fraction of sp³-hybridized carbons (Fsp3) is 0.300. The van der Waals surface area contributed by atoms with Crippen molar-refractivity contribution >= 4 is 27.6 Å². The molecule has 2 aromatic rings. The topological polar surface area (TPSA) is 142 Å². The second-order valence-electron chi connectivity index (χ2n) is 7.35. The Labute approximate surface area is 185 Å². The summed E-state index contributed by atoms with van der Waals surface area (Å²) in [5.74, 6) is -0.472. The highest BCUT2D eigenvalue weighted by molar-refractivity contribution is 7.89. The van der Waals surface area contributed by atoms with E-state index in [1.807, 2.05) is 6.92 Å². The van der Waals surface area contributed by atoms with Crippen molar-refractivity contribution in [3.8, 4) is 0 Å². The van der Waals surface area contributed by atoms with Crippen molar-refractivity contribution in [3.63, 3.8) is 0 Å². The van der Waals surface area contributed by atoms with Crippen LogP contribution in [0.25, 0.3) is 0 Å². The van der Waals surface area contributed by atoms with E-state index >= 15 is 0 Å². The molecular weight excluding hydrogens is 438 g/mol. The van der Waals surface area contributed by atoms with Crippen LogP contribution < -0.4 is 10.9 Å². The molecule has 0 unspecified atom stereocenters. The highest BCUT2D eigenvalue weighted by atomic mass is 32.2. The number of nitrogens with one attached hydrogen (secondary N) is 2. The van der Waals surface area contributed by atoms with Crippen LogP contribution in [-0.4, -0.2) is 60.7 Å². The summed E-state index contributed by atoms with van der Waals surface area (Å²) >= 11 is 0. The lowest BCUT2D eigenvalue weighted by Crippen LogP contribution is -2.56. The van der Waals surface area contributed by atoms with Gasteiger partial charge < -0.3 is 4.90 Å². The van der Waals surface area contributed by atoms with Gasteiger partial charge >= 0.3 is 6.03 Å². The summed E-state index contributed by atoms with van der Waals surface area (Å²) in [7, 11) is -3.96. The summed E-state index contributed by atoms with van der Waals surface area (Å²) in [4.78, 5) is 36.1. The summed E-state index contributed by atoms with van der Waals surface area (Å²) < 4.78 is 27.2. The molecule has 0 radical (unpaired) electrons. The number of carbonyl (C=O) groups excluding carboxylic acids is 2. The Bertz CT molecular complexity index is 1140. The van der Waals surface area contributed by atoms with E-state index in [2.05, 4.69) is 10.9 Å². The van der Waals surface area contributed by atoms with Crippen molar-refractivity contribution in [2.45, 2.75) is 18.7 Å². The lowest BCUT2D eigenvalue weighted by molar-refractivity contribution is -0.385. The number of hydrogen-bond donors (Lipinski definition) is 2. The standard InChI is InChI=1S/C20H23N5O6S/c1-14-3-6-16(7-4-14)19(26)21-22-20(27)23-9-11-24(12-10-23)32(30,31)18-13-17(25(28)29)8-5-15(18)2/h3-8,13H,9-12H2,1-2H3,(H,21,26)(H,22,27). The number of piperazine rings is 1. The molecule has 170 valence electrons. The second kappa shape index (κ2) is 9.32. The molecule has 3 rings (SSSR count). The molecular formula is C20H23N5O6S. The zero-order valence-corrected chi connectivity index (χ0v) is 18.4. The van der Waals surface area contributed by atoms with Crippen LogP contribution in [0.15, 0.2) is 47.4 Å². The Morgan fingerprint density at radius 3 is 2.19 bits per heavy atom. The lowest BCUT2D eigenvalue weighted by atomic mass is 10.1. The zero-order chi connectivity index (χ0) is 23.5. The number of rotatable bonds is 4. The van der Waals surface area contributed by atoms with Crippen molar-refractivity contribution in [1.82, 2.24) is 20.1 Å². The van der Waals surface area contributed by atoms with E-state index in [9.17, 15) is 28.1 Å². The Morgan fingerprint density at radius 2 is 1.59 bits per heavy atom. The van der Waals surface area contributed by atoms with Gasteiger partial charge in [-0.1, -0.05) is 23.8 Å². The third-order valence-electron chi connectivity index (χ3n) is 5.12. The maximum absolute atomic E-state index is 13.0. The smallest absolute Gasteiger partial charge is 0.321 e. The summed E-state index contributed by atoms with van der Waals surface area (Å²) in [6.07, 6.45) is 0. The summed E-state index contributed by atoms with van der Waals surface area (Å²) in [6, 6.07) is 9.96. The van der Waals surface area contributed by atoms with Crippen LogP contribution in [0.2, 0.25) is 0 Å². The predicted molar refractivity (Wildman–Crippen MR) is 115 cm³/mol. The normalized spacial score (nSPS) is 14.6. The van der Waals surface area contributed by atoms with Crippen molar-refractivity contribution in [2.75, 3.05) is 26.2 Å². The van der Waals surface area contributed by atoms with Gasteiger partial charge in [0.1, 0.15) is 0 Å². The molecule has 32 heavy (non-hydrogen) atoms. The monoisotopic (exact) mass is 461 g/mol. The van der Waals surface area contributed by atoms with Gasteiger partial charge in [-0.2, -0.15) is 4.31 Å². The van der Waals surface area contributed by atoms with Crippen LogP contribution in [0.1, 0.15) is 21.5 Å². The van der Waals surface area contributed by atoms with E-state index in [0.717, 1.165) is 11.6 Å². The number of urea groups is 1. The number of amides is 3. The van der Waals surface area contributed by atoms with Gasteiger partial charge in [-0.15, -0.1) is 0 Å². The first-order valence-electron chi connectivity index (χ1n) is 9.76. The number of nitro groups is 1. The third-order valence-corrected chi connectivity index (χ3v) is 7.16. The average molecular weight is 462 g/mol. The Morgan fingerprint density at radius 1 is 0.969 bits per heavy atom. The van der Waals surface area contributed by atoms with Gasteiger partial charge in [-0.25, -0.2) is 18.6 Å². The predicted octanol–water partition coefficient (Wildman–Crippen LogP) is 1.57. The molecule has 1 saturated heterocycles. The van der Waals surface area contributed by atoms with E-state index in [4.69, 9.17) is 0 Å². The Hall–Kier alpha value is -3.51. The molecule has 11 nitrogen and oxygen atoms in total. The molecule has 1 fully saturated rings. The highest BCUT2D eigenvalue weighted by Gasteiger charge is 2.32. The van der Waals surface area contributed by atoms with Crippen LogP contribution in [0.4, 0.5) is 10.5 Å². The van der Waals surface area contributed by atoms with Crippen LogP contribution in [-0.2, 0) is 10.0 Å². The maximum atomic E-state index is 13.0. The van der Waals surface area contributed by atoms with Gasteiger partial charge in [-0.05, 0) is 31.5 Å². The van der Waals surface area contributed by atoms with E-state index < -0.39 is 26.9 Å². The number of non-ortho nitro benzene ring substituents is 1. The minimum absolute atomic E-state index is 0.0177. The Balaban J connectivity index is 1.59. The molecule has 3 amide bonds. The molecule has 0 aliphatic carbocycles. The fourth-order valence-corrected chi connectivity index (χ4v) is 4.88. The molecule has 1 aliphatic rings. The first kappa shape index (κ1) is 23.2. The van der Waals surface area contributed by atoms with Crippen molar-refractivity contribution in [1.29, 1.82) is 0 Å². The fourth-order valence-electron chi connectivity index (χ4n) is 3.22. The first-order chi connectivity index (χ1) is 15.1. The summed E-state index contributed by atoms with van der Waals surface area (Å²) in [5.41, 5.74) is 6.13. The van der Waals surface area contributed by atoms with Crippen molar-refractivity contribution in [3.05, 3.63) is 69.3 Å². The van der Waals surface area contributed by atoms with Crippen LogP contribution in [0, 0.1) is 24.0 Å². The van der Waals surface area contributed by atoms with Crippen LogP contribution in [0.3, 0.4) is 0 Å². The van der Waals surface area contributed by atoms with E-state index in [0.29, 0.717) is 11.1 Å². The number of sulfonamides is 1. The molecule has 1 aliphatic heterocycles. The zero-order valence-electron chi connectivity index (χ0n) is 17.6. The molecule has 0 spiro atoms. The molecule has 2 aromatic carbocycles. The molecule has 0 saturated carbocycles. The minimum atomic E-state index is -3.96. The van der Waals surface area contributed by atoms with Gasteiger partial charge in [0.05, 0.1) is 9.82 Å². The Kier molecular flexibility index (Phi) is 6.75. The van der Waals surface area contributed by atoms with Gasteiger partial charge in [0, 0.05) is 43.9 Å². The van der Waals surface area contributed by atoms with Gasteiger partial charge in [0.15, 0.2) is 0 Å². The molecule has 1 heterocycles. The molecule has 0 aromatic heterocycles. The third kappa shape index (κ3) is 5.03. The molecule has 0 atom stereocenters. The lowest BCUT2D eigenvalue weighted by Gasteiger charge is -2.34. The number of hydrogen-bond acceptors (Lipinski definition) is 6. The van der Waals surface area contributed by atoms with Gasteiger partial charge in [-0.3, -0.25) is 20.3 Å². The SMILES string of the molecule is Cc1ccc(C(=O)NNC(=O)N2CCN(S(=O)(=O)c3cc([N+](=O)[O-])ccc3C)CC2)cc1. The summed E-state index contributed by atoms with van der Waals surface area (Å²) in [5, 5.41) is 11.0. The first-order valence-corrected chi connectivity index (χ1v) is 11.2. The number of hydrazine groups is 1. The number of benzene rings is 2. The average Bonchev–Trinajstić information content (AvgIpc) is 2.77. The quantitative estimate of drug-likeness (QED) is 0.523. The number of nitro benzene ring substituents is 1. The van der Waals surface area contributed by atoms with Crippen molar-refractivity contribution < 1.29 is 22.9 Å². The molecule has 0 bridgehead atoms. The molecule has 2 N–H and O–H groups in total. The van der Waals surface area contributed by atoms with Crippen molar-refractivity contribution in [2.24, 2.45) is 0 Å².